The van der Waals surface area contributed by atoms with Crippen molar-refractivity contribution in [3.05, 3.63) is 47.0 Å². The first kappa shape index (κ1) is 16.2. The topological polar surface area (TPSA) is 66.5 Å². The smallest absolute Gasteiger partial charge is 0.272 e. The summed E-state index contributed by atoms with van der Waals surface area (Å²) in [6.07, 6.45) is 0. The Bertz CT molecular complexity index is 880. The van der Waals surface area contributed by atoms with Crippen LogP contribution in [0.1, 0.15) is 19.4 Å². The van der Waals surface area contributed by atoms with Crippen LogP contribution >= 0.6 is 11.6 Å². The number of nitrogens with one attached hydrogen (secondary N) is 1. The number of halogens is 1. The number of benzene rings is 2. The van der Waals surface area contributed by atoms with Gasteiger partial charge in [0.05, 0.1) is 6.54 Å². The van der Waals surface area contributed by atoms with Gasteiger partial charge in [0.1, 0.15) is 6.04 Å². The molecule has 0 aliphatic carbocycles. The molecule has 1 heterocycles. The maximum Gasteiger partial charge on any atom is 0.304 e. The van der Waals surface area contributed by atoms with Gasteiger partial charge in [0.15, 0.2) is 0 Å². The highest BCUT2D eigenvalue weighted by Gasteiger charge is 2.44. The molecule has 1 saturated heterocycles. The van der Waals surface area contributed by atoms with Crippen LogP contribution in [0.2, 0.25) is 5.02 Å². The Hall–Kier alpha value is -1.63. The van der Waals surface area contributed by atoms with Gasteiger partial charge in [0.2, 0.25) is 0 Å². The molecule has 2 aromatic rings. The van der Waals surface area contributed by atoms with E-state index in [1.54, 1.807) is 6.07 Å². The van der Waals surface area contributed by atoms with Gasteiger partial charge >= 0.3 is 10.2 Å². The molecule has 5 nitrogen and oxygen atoms in total. The molecule has 0 aromatic heterocycles. The molecule has 1 fully saturated rings. The molecule has 23 heavy (non-hydrogen) atoms. The lowest BCUT2D eigenvalue weighted by Gasteiger charge is -2.16. The average Bonchev–Trinajstić information content (AvgIpc) is 2.70. The zero-order valence-corrected chi connectivity index (χ0v) is 14.4. The number of carbonyl (C=O) groups excluding carboxylic acids is 1. The van der Waals surface area contributed by atoms with E-state index in [9.17, 15) is 13.2 Å². The van der Waals surface area contributed by atoms with Gasteiger partial charge in [-0.3, -0.25) is 4.79 Å². The Morgan fingerprint density at radius 2 is 1.96 bits per heavy atom. The molecule has 0 bridgehead atoms. The standard InChI is InChI=1S/C16H17ClN2O3S/c1-10(2)15-16(20)19(23(21,22)18-15)9-12-8-13(17)7-11-5-3-4-6-14(11)12/h3-8,10,15,18H,9H2,1-2H3/t15-/m1/s1. The number of hydrogen-bond donors (Lipinski definition) is 1. The fraction of sp³-hybridized carbons (Fsp3) is 0.312. The maximum atomic E-state index is 12.4. The van der Waals surface area contributed by atoms with E-state index in [2.05, 4.69) is 4.72 Å². The third-order valence-electron chi connectivity index (χ3n) is 3.97. The summed E-state index contributed by atoms with van der Waals surface area (Å²) in [6.45, 7) is 3.59. The Morgan fingerprint density at radius 3 is 2.61 bits per heavy atom. The van der Waals surface area contributed by atoms with Gasteiger partial charge in [-0.25, -0.2) is 4.31 Å². The lowest BCUT2D eigenvalue weighted by molar-refractivity contribution is -0.127. The van der Waals surface area contributed by atoms with Crippen molar-refractivity contribution in [2.45, 2.75) is 26.4 Å². The molecule has 0 saturated carbocycles. The van der Waals surface area contributed by atoms with E-state index in [1.807, 2.05) is 44.2 Å². The van der Waals surface area contributed by atoms with Gasteiger partial charge in [0, 0.05) is 5.02 Å². The summed E-state index contributed by atoms with van der Waals surface area (Å²) >= 11 is 6.13. The van der Waals surface area contributed by atoms with E-state index in [0.717, 1.165) is 15.1 Å². The number of rotatable bonds is 3. The van der Waals surface area contributed by atoms with Crippen molar-refractivity contribution in [2.24, 2.45) is 5.92 Å². The minimum atomic E-state index is -3.82. The minimum Gasteiger partial charge on any atom is -0.272 e. The Balaban J connectivity index is 2.04. The van der Waals surface area contributed by atoms with Gasteiger partial charge < -0.3 is 0 Å². The Morgan fingerprint density at radius 1 is 1.26 bits per heavy atom. The van der Waals surface area contributed by atoms with E-state index in [0.29, 0.717) is 10.6 Å². The van der Waals surface area contributed by atoms with Crippen LogP contribution < -0.4 is 4.72 Å². The summed E-state index contributed by atoms with van der Waals surface area (Å²) in [7, 11) is -3.82. The van der Waals surface area contributed by atoms with E-state index in [4.69, 9.17) is 11.6 Å². The summed E-state index contributed by atoms with van der Waals surface area (Å²) in [5.74, 6) is -0.539. The van der Waals surface area contributed by atoms with E-state index >= 15 is 0 Å². The zero-order chi connectivity index (χ0) is 16.8. The molecule has 2 aromatic carbocycles. The van der Waals surface area contributed by atoms with Gasteiger partial charge in [-0.05, 0) is 34.4 Å². The fourth-order valence-corrected chi connectivity index (χ4v) is 4.50. The highest BCUT2D eigenvalue weighted by atomic mass is 35.5. The third kappa shape index (κ3) is 2.94. The van der Waals surface area contributed by atoms with E-state index in [-0.39, 0.29) is 12.5 Å². The van der Waals surface area contributed by atoms with Crippen molar-refractivity contribution in [1.82, 2.24) is 9.03 Å². The maximum absolute atomic E-state index is 12.4. The molecule has 0 radical (unpaired) electrons. The summed E-state index contributed by atoms with van der Waals surface area (Å²) in [4.78, 5) is 12.4. The van der Waals surface area contributed by atoms with Crippen molar-refractivity contribution < 1.29 is 13.2 Å². The summed E-state index contributed by atoms with van der Waals surface area (Å²) in [5.41, 5.74) is 0.705. The first-order chi connectivity index (χ1) is 10.8. The number of hydrogen-bond acceptors (Lipinski definition) is 3. The first-order valence-corrected chi connectivity index (χ1v) is 9.12. The molecule has 7 heteroatoms. The van der Waals surface area contributed by atoms with Gasteiger partial charge in [0.25, 0.3) is 5.91 Å². The second kappa shape index (κ2) is 5.78. The largest absolute Gasteiger partial charge is 0.304 e. The fourth-order valence-electron chi connectivity index (χ4n) is 2.77. The summed E-state index contributed by atoms with van der Waals surface area (Å²) in [5, 5.41) is 2.30. The SMILES string of the molecule is CC(C)[C@H]1NS(=O)(=O)N(Cc2cc(Cl)cc3ccccc23)C1=O. The zero-order valence-electron chi connectivity index (χ0n) is 12.8. The van der Waals surface area contributed by atoms with Crippen molar-refractivity contribution in [3.8, 4) is 0 Å². The monoisotopic (exact) mass is 352 g/mol. The van der Waals surface area contributed by atoms with Crippen LogP contribution in [-0.2, 0) is 21.5 Å². The van der Waals surface area contributed by atoms with Crippen LogP contribution in [0.4, 0.5) is 0 Å². The Kier molecular flexibility index (Phi) is 4.08. The van der Waals surface area contributed by atoms with Gasteiger partial charge in [-0.1, -0.05) is 49.7 Å². The van der Waals surface area contributed by atoms with Crippen molar-refractivity contribution in [2.75, 3.05) is 0 Å². The second-order valence-corrected chi connectivity index (χ2v) is 8.04. The second-order valence-electron chi connectivity index (χ2n) is 5.98. The lowest BCUT2D eigenvalue weighted by atomic mass is 10.0. The van der Waals surface area contributed by atoms with E-state index < -0.39 is 22.2 Å². The minimum absolute atomic E-state index is 0.0293. The van der Waals surface area contributed by atoms with Crippen LogP contribution in [-0.4, -0.2) is 24.7 Å². The van der Waals surface area contributed by atoms with Crippen LogP contribution in [0, 0.1) is 5.92 Å². The first-order valence-electron chi connectivity index (χ1n) is 7.30. The molecular weight excluding hydrogens is 336 g/mol. The van der Waals surface area contributed by atoms with Gasteiger partial charge in [-0.15, -0.1) is 0 Å². The quantitative estimate of drug-likeness (QED) is 0.923. The molecule has 122 valence electrons. The average molecular weight is 353 g/mol. The molecule has 0 unspecified atom stereocenters. The molecule has 1 atom stereocenters. The molecule has 1 amide bonds. The normalized spacial score (nSPS) is 20.6. The number of nitrogens with zero attached hydrogens (tertiary/aromatic N) is 1. The number of carbonyl (C=O) groups is 1. The van der Waals surface area contributed by atoms with Crippen LogP contribution in [0.5, 0.6) is 0 Å². The summed E-state index contributed by atoms with van der Waals surface area (Å²) < 4.78 is 27.9. The van der Waals surface area contributed by atoms with Crippen molar-refractivity contribution in [1.29, 1.82) is 0 Å². The number of amides is 1. The molecule has 1 aliphatic heterocycles. The molecule has 1 aliphatic rings. The van der Waals surface area contributed by atoms with Crippen LogP contribution in [0.15, 0.2) is 36.4 Å². The molecule has 1 N–H and O–H groups in total. The molecule has 0 spiro atoms. The van der Waals surface area contributed by atoms with Crippen molar-refractivity contribution >= 4 is 38.5 Å². The Labute approximate surface area is 140 Å². The number of fused-ring (bicyclic) bond motifs is 1. The predicted octanol–water partition coefficient (Wildman–Crippen LogP) is 2.69. The molecule has 3 rings (SSSR count). The molecular formula is C16H17ClN2O3S. The highest BCUT2D eigenvalue weighted by molar-refractivity contribution is 7.88. The van der Waals surface area contributed by atoms with E-state index in [1.165, 1.54) is 0 Å². The highest BCUT2D eigenvalue weighted by Crippen LogP contribution is 2.28. The predicted molar refractivity (Wildman–Crippen MR) is 90.2 cm³/mol. The van der Waals surface area contributed by atoms with Crippen molar-refractivity contribution in [3.63, 3.8) is 0 Å². The van der Waals surface area contributed by atoms with Crippen LogP contribution in [0.3, 0.4) is 0 Å². The lowest BCUT2D eigenvalue weighted by Crippen LogP contribution is -2.34. The third-order valence-corrected chi connectivity index (χ3v) is 5.63. The van der Waals surface area contributed by atoms with Crippen LogP contribution in [0.25, 0.3) is 10.8 Å². The van der Waals surface area contributed by atoms with Gasteiger partial charge in [-0.2, -0.15) is 13.1 Å². The summed E-state index contributed by atoms with van der Waals surface area (Å²) in [6, 6.07) is 10.4.